The molecule has 0 atom stereocenters. The molecule has 0 bridgehead atoms. The van der Waals surface area contributed by atoms with E-state index >= 15 is 0 Å². The Morgan fingerprint density at radius 2 is 1.26 bits per heavy atom. The van der Waals surface area contributed by atoms with Gasteiger partial charge in [-0.05, 0) is 47.5 Å². The van der Waals surface area contributed by atoms with Gasteiger partial charge in [0.25, 0.3) is 0 Å². The monoisotopic (exact) mass is 373 g/mol. The van der Waals surface area contributed by atoms with E-state index in [0.717, 1.165) is 22.5 Å². The Bertz CT molecular complexity index is 940. The first-order chi connectivity index (χ1) is 13.3. The van der Waals surface area contributed by atoms with Crippen LogP contribution >= 0.6 is 11.6 Å². The van der Waals surface area contributed by atoms with Crippen LogP contribution in [-0.2, 0) is 0 Å². The van der Waals surface area contributed by atoms with Crippen LogP contribution in [0.5, 0.6) is 0 Å². The number of pyridine rings is 4. The maximum atomic E-state index is 6.01. The first-order valence-corrected chi connectivity index (χ1v) is 8.81. The number of hydrogen-bond acceptors (Lipinski definition) is 5. The molecule has 0 amide bonds. The molecule has 0 aliphatic carbocycles. The molecular weight excluding hydrogens is 358 g/mol. The van der Waals surface area contributed by atoms with E-state index in [1.54, 1.807) is 30.9 Å². The Balaban J connectivity index is 1.93. The lowest BCUT2D eigenvalue weighted by Crippen LogP contribution is -2.25. The number of hydrogen-bond donors (Lipinski definition) is 0. The molecule has 5 nitrogen and oxygen atoms in total. The number of aromatic nitrogens is 4. The smallest absolute Gasteiger partial charge is 0.129 e. The van der Waals surface area contributed by atoms with Crippen LogP contribution in [0.3, 0.4) is 0 Å². The molecule has 4 rings (SSSR count). The van der Waals surface area contributed by atoms with Crippen molar-refractivity contribution in [1.29, 1.82) is 0 Å². The maximum Gasteiger partial charge on any atom is 0.129 e. The Kier molecular flexibility index (Phi) is 5.03. The van der Waals surface area contributed by atoms with Crippen molar-refractivity contribution in [3.8, 4) is 0 Å². The highest BCUT2D eigenvalue weighted by molar-refractivity contribution is 6.29. The average molecular weight is 374 g/mol. The predicted octanol–water partition coefficient (Wildman–Crippen LogP) is 4.85. The maximum absolute atomic E-state index is 6.01. The summed E-state index contributed by atoms with van der Waals surface area (Å²) < 4.78 is 0. The molecule has 0 fully saturated rings. The molecule has 0 saturated heterocycles. The summed E-state index contributed by atoms with van der Waals surface area (Å²) in [6.07, 6.45) is 12.6. The molecule has 4 aromatic rings. The van der Waals surface area contributed by atoms with Gasteiger partial charge in [-0.15, -0.1) is 0 Å². The van der Waals surface area contributed by atoms with Crippen LogP contribution in [0.1, 0.15) is 17.2 Å². The van der Waals surface area contributed by atoms with E-state index < -0.39 is 0 Å². The molecule has 0 aliphatic heterocycles. The van der Waals surface area contributed by atoms with Gasteiger partial charge < -0.3 is 4.90 Å². The quantitative estimate of drug-likeness (QED) is 0.468. The normalized spacial score (nSPS) is 10.7. The lowest BCUT2D eigenvalue weighted by atomic mass is 9.98. The van der Waals surface area contributed by atoms with Crippen LogP contribution in [-0.4, -0.2) is 19.9 Å². The lowest BCUT2D eigenvalue weighted by Gasteiger charge is -2.33. The minimum absolute atomic E-state index is 0.153. The minimum atomic E-state index is -0.153. The fourth-order valence-electron chi connectivity index (χ4n) is 3.02. The van der Waals surface area contributed by atoms with E-state index in [9.17, 15) is 0 Å². The third-order valence-electron chi connectivity index (χ3n) is 4.17. The van der Waals surface area contributed by atoms with E-state index in [1.807, 2.05) is 48.9 Å². The molecule has 132 valence electrons. The summed E-state index contributed by atoms with van der Waals surface area (Å²) in [6.45, 7) is 0. The van der Waals surface area contributed by atoms with Gasteiger partial charge in [-0.3, -0.25) is 15.0 Å². The van der Waals surface area contributed by atoms with Gasteiger partial charge in [0.1, 0.15) is 5.15 Å². The van der Waals surface area contributed by atoms with E-state index in [4.69, 9.17) is 11.6 Å². The molecule has 4 aromatic heterocycles. The summed E-state index contributed by atoms with van der Waals surface area (Å²) in [5, 5.41) is 0.448. The van der Waals surface area contributed by atoms with Crippen LogP contribution in [0.15, 0.2) is 91.9 Å². The summed E-state index contributed by atoms with van der Waals surface area (Å²) in [4.78, 5) is 19.4. The summed E-state index contributed by atoms with van der Waals surface area (Å²) >= 11 is 6.01. The van der Waals surface area contributed by atoms with Crippen molar-refractivity contribution in [3.63, 3.8) is 0 Å². The topological polar surface area (TPSA) is 54.8 Å². The highest BCUT2D eigenvalue weighted by atomic mass is 35.5. The Morgan fingerprint density at radius 3 is 1.74 bits per heavy atom. The lowest BCUT2D eigenvalue weighted by molar-refractivity contribution is 0.804. The summed E-state index contributed by atoms with van der Waals surface area (Å²) in [7, 11) is 0. The standard InChI is InChI=1S/C21H16ClN5/c22-20-8-7-19(15-26-20)27(18-6-3-11-25-14-18)21(16-4-1-9-23-12-16)17-5-2-10-24-13-17/h1-15,21H. The molecule has 0 N–H and O–H groups in total. The Morgan fingerprint density at radius 1 is 0.667 bits per heavy atom. The molecule has 0 aromatic carbocycles. The van der Waals surface area contributed by atoms with Crippen LogP contribution < -0.4 is 4.90 Å². The fourth-order valence-corrected chi connectivity index (χ4v) is 3.13. The second-order valence-electron chi connectivity index (χ2n) is 5.90. The number of halogens is 1. The molecule has 0 spiro atoms. The predicted molar refractivity (Wildman–Crippen MR) is 106 cm³/mol. The Labute approximate surface area is 162 Å². The SMILES string of the molecule is Clc1ccc(N(c2cccnc2)C(c2cccnc2)c2cccnc2)cn1. The van der Waals surface area contributed by atoms with Gasteiger partial charge in [0.15, 0.2) is 0 Å². The van der Waals surface area contributed by atoms with Gasteiger partial charge in [0.2, 0.25) is 0 Å². The zero-order valence-electron chi connectivity index (χ0n) is 14.4. The summed E-state index contributed by atoms with van der Waals surface area (Å²) in [6, 6.07) is 15.5. The Hall–Kier alpha value is -3.31. The third-order valence-corrected chi connectivity index (χ3v) is 4.40. The van der Waals surface area contributed by atoms with Crippen molar-refractivity contribution in [2.24, 2.45) is 0 Å². The van der Waals surface area contributed by atoms with Crippen molar-refractivity contribution in [2.45, 2.75) is 6.04 Å². The molecule has 27 heavy (non-hydrogen) atoms. The van der Waals surface area contributed by atoms with Crippen molar-refractivity contribution >= 4 is 23.0 Å². The zero-order valence-corrected chi connectivity index (χ0v) is 15.1. The van der Waals surface area contributed by atoms with Crippen molar-refractivity contribution in [3.05, 3.63) is 108 Å². The molecule has 6 heteroatoms. The van der Waals surface area contributed by atoms with Gasteiger partial charge in [0, 0.05) is 31.0 Å². The van der Waals surface area contributed by atoms with Crippen LogP contribution in [0.2, 0.25) is 5.15 Å². The van der Waals surface area contributed by atoms with Gasteiger partial charge in [0.05, 0.1) is 29.8 Å². The summed E-state index contributed by atoms with van der Waals surface area (Å²) in [5.74, 6) is 0. The molecule has 0 saturated carbocycles. The zero-order chi connectivity index (χ0) is 18.5. The average Bonchev–Trinajstić information content (AvgIpc) is 2.75. The van der Waals surface area contributed by atoms with Gasteiger partial charge >= 0.3 is 0 Å². The van der Waals surface area contributed by atoms with E-state index in [1.165, 1.54) is 0 Å². The first kappa shape index (κ1) is 17.1. The molecule has 0 unspecified atom stereocenters. The molecule has 0 aliphatic rings. The van der Waals surface area contributed by atoms with Crippen LogP contribution in [0.25, 0.3) is 0 Å². The van der Waals surface area contributed by atoms with E-state index in [-0.39, 0.29) is 6.04 Å². The van der Waals surface area contributed by atoms with E-state index in [2.05, 4.69) is 37.0 Å². The number of rotatable bonds is 5. The minimum Gasteiger partial charge on any atom is -0.327 e. The third kappa shape index (κ3) is 3.78. The molecular formula is C21H16ClN5. The molecule has 0 radical (unpaired) electrons. The van der Waals surface area contributed by atoms with Crippen LogP contribution in [0, 0.1) is 0 Å². The molecule has 4 heterocycles. The fraction of sp³-hybridized carbons (Fsp3) is 0.0476. The summed E-state index contributed by atoms with van der Waals surface area (Å²) in [5.41, 5.74) is 3.89. The number of nitrogens with zero attached hydrogens (tertiary/aromatic N) is 5. The van der Waals surface area contributed by atoms with Crippen molar-refractivity contribution in [1.82, 2.24) is 19.9 Å². The second-order valence-corrected chi connectivity index (χ2v) is 6.28. The number of anilines is 2. The van der Waals surface area contributed by atoms with Gasteiger partial charge in [-0.2, -0.15) is 0 Å². The van der Waals surface area contributed by atoms with Gasteiger partial charge in [-0.25, -0.2) is 4.98 Å². The first-order valence-electron chi connectivity index (χ1n) is 8.43. The van der Waals surface area contributed by atoms with Crippen molar-refractivity contribution < 1.29 is 0 Å². The van der Waals surface area contributed by atoms with Crippen LogP contribution in [0.4, 0.5) is 11.4 Å². The second kappa shape index (κ2) is 7.93. The highest BCUT2D eigenvalue weighted by Crippen LogP contribution is 2.38. The van der Waals surface area contributed by atoms with Crippen molar-refractivity contribution in [2.75, 3.05) is 4.90 Å². The largest absolute Gasteiger partial charge is 0.327 e. The highest BCUT2D eigenvalue weighted by Gasteiger charge is 2.25. The van der Waals surface area contributed by atoms with E-state index in [0.29, 0.717) is 5.15 Å². The van der Waals surface area contributed by atoms with Gasteiger partial charge in [-0.1, -0.05) is 23.7 Å².